The Morgan fingerprint density at radius 3 is 1.50 bits per heavy atom. The SMILES string of the molecule is c1ccc(-c2cccc(-c3cccc4cccc(-c5ccccc5)c34)c2)cc1. The first-order valence-electron chi connectivity index (χ1n) is 9.63. The first kappa shape index (κ1) is 16.5. The van der Waals surface area contributed by atoms with Gasteiger partial charge in [0.05, 0.1) is 0 Å². The van der Waals surface area contributed by atoms with Crippen LogP contribution in [0.4, 0.5) is 0 Å². The number of hydrogen-bond acceptors (Lipinski definition) is 0. The molecule has 0 bridgehead atoms. The average Bonchev–Trinajstić information content (AvgIpc) is 2.79. The molecular formula is C28H20. The molecule has 0 radical (unpaired) electrons. The lowest BCUT2D eigenvalue weighted by molar-refractivity contribution is 1.60. The van der Waals surface area contributed by atoms with Crippen molar-refractivity contribution in [3.8, 4) is 33.4 Å². The van der Waals surface area contributed by atoms with Crippen molar-refractivity contribution in [2.24, 2.45) is 0 Å². The van der Waals surface area contributed by atoms with Gasteiger partial charge in [0, 0.05) is 0 Å². The van der Waals surface area contributed by atoms with Gasteiger partial charge in [0.1, 0.15) is 0 Å². The zero-order chi connectivity index (χ0) is 18.8. The van der Waals surface area contributed by atoms with E-state index in [1.807, 2.05) is 0 Å². The third-order valence-electron chi connectivity index (χ3n) is 5.27. The van der Waals surface area contributed by atoms with Crippen molar-refractivity contribution < 1.29 is 0 Å². The molecule has 0 N–H and O–H groups in total. The van der Waals surface area contributed by atoms with Crippen molar-refractivity contribution >= 4 is 10.8 Å². The second-order valence-electron chi connectivity index (χ2n) is 7.02. The molecule has 0 saturated heterocycles. The highest BCUT2D eigenvalue weighted by Crippen LogP contribution is 2.37. The Morgan fingerprint density at radius 1 is 0.321 bits per heavy atom. The van der Waals surface area contributed by atoms with Crippen LogP contribution >= 0.6 is 0 Å². The van der Waals surface area contributed by atoms with E-state index < -0.39 is 0 Å². The largest absolute Gasteiger partial charge is 0.0622 e. The van der Waals surface area contributed by atoms with E-state index in [0.29, 0.717) is 0 Å². The summed E-state index contributed by atoms with van der Waals surface area (Å²) < 4.78 is 0. The maximum Gasteiger partial charge on any atom is -0.00268 e. The van der Waals surface area contributed by atoms with Gasteiger partial charge < -0.3 is 0 Å². The van der Waals surface area contributed by atoms with E-state index in [4.69, 9.17) is 0 Å². The molecule has 0 heteroatoms. The third kappa shape index (κ3) is 3.00. The Morgan fingerprint density at radius 2 is 0.821 bits per heavy atom. The Balaban J connectivity index is 1.75. The third-order valence-corrected chi connectivity index (χ3v) is 5.27. The molecule has 0 nitrogen and oxygen atoms in total. The van der Waals surface area contributed by atoms with Crippen LogP contribution in [0.2, 0.25) is 0 Å². The lowest BCUT2D eigenvalue weighted by Gasteiger charge is -2.13. The molecule has 0 spiro atoms. The second kappa shape index (κ2) is 7.17. The van der Waals surface area contributed by atoms with Crippen LogP contribution in [0.1, 0.15) is 0 Å². The lowest BCUT2D eigenvalue weighted by Crippen LogP contribution is -1.87. The zero-order valence-electron chi connectivity index (χ0n) is 15.5. The highest BCUT2D eigenvalue weighted by atomic mass is 14.1. The molecule has 0 unspecified atom stereocenters. The van der Waals surface area contributed by atoms with Crippen LogP contribution in [0.5, 0.6) is 0 Å². The van der Waals surface area contributed by atoms with E-state index in [1.165, 1.54) is 44.2 Å². The van der Waals surface area contributed by atoms with Crippen molar-refractivity contribution in [1.82, 2.24) is 0 Å². The Kier molecular flexibility index (Phi) is 4.23. The van der Waals surface area contributed by atoms with Crippen LogP contribution in [-0.4, -0.2) is 0 Å². The molecule has 5 aromatic rings. The first-order valence-corrected chi connectivity index (χ1v) is 9.63. The topological polar surface area (TPSA) is 0 Å². The van der Waals surface area contributed by atoms with Gasteiger partial charge in [-0.15, -0.1) is 0 Å². The molecule has 5 rings (SSSR count). The number of benzene rings is 5. The molecule has 0 amide bonds. The van der Waals surface area contributed by atoms with Gasteiger partial charge in [-0.1, -0.05) is 115 Å². The number of hydrogen-bond donors (Lipinski definition) is 0. The molecule has 0 aromatic heterocycles. The molecule has 132 valence electrons. The van der Waals surface area contributed by atoms with E-state index in [2.05, 4.69) is 121 Å². The highest BCUT2D eigenvalue weighted by molar-refractivity contribution is 6.06. The standard InChI is InChI=1S/C28H20/c1-3-10-21(11-4-1)24-16-7-17-25(20-24)27-19-9-15-23-14-8-18-26(28(23)27)22-12-5-2-6-13-22/h1-20H. The normalized spacial score (nSPS) is 10.9. The van der Waals surface area contributed by atoms with Crippen molar-refractivity contribution in [3.05, 3.63) is 121 Å². The average molecular weight is 356 g/mol. The quantitative estimate of drug-likeness (QED) is 0.309. The van der Waals surface area contributed by atoms with Crippen LogP contribution in [0.3, 0.4) is 0 Å². The molecule has 0 atom stereocenters. The summed E-state index contributed by atoms with van der Waals surface area (Å²) in [5.74, 6) is 0. The fraction of sp³-hybridized carbons (Fsp3) is 0. The fourth-order valence-corrected chi connectivity index (χ4v) is 3.94. The Hall–Kier alpha value is -3.64. The summed E-state index contributed by atoms with van der Waals surface area (Å²) in [4.78, 5) is 0. The summed E-state index contributed by atoms with van der Waals surface area (Å²) in [5.41, 5.74) is 7.53. The van der Waals surface area contributed by atoms with Crippen LogP contribution < -0.4 is 0 Å². The predicted molar refractivity (Wildman–Crippen MR) is 120 cm³/mol. The van der Waals surface area contributed by atoms with Gasteiger partial charge in [-0.3, -0.25) is 0 Å². The minimum atomic E-state index is 1.24. The minimum Gasteiger partial charge on any atom is -0.0622 e. The van der Waals surface area contributed by atoms with Crippen molar-refractivity contribution in [3.63, 3.8) is 0 Å². The summed E-state index contributed by atoms with van der Waals surface area (Å²) >= 11 is 0. The molecule has 0 saturated carbocycles. The van der Waals surface area contributed by atoms with Gasteiger partial charge in [-0.05, 0) is 50.2 Å². The molecule has 0 aliphatic heterocycles. The Bertz CT molecular complexity index is 1230. The molecule has 0 aliphatic carbocycles. The summed E-state index contributed by atoms with van der Waals surface area (Å²) in [5, 5.41) is 2.57. The van der Waals surface area contributed by atoms with E-state index in [9.17, 15) is 0 Å². The molecule has 5 aromatic carbocycles. The van der Waals surface area contributed by atoms with E-state index >= 15 is 0 Å². The maximum atomic E-state index is 2.30. The van der Waals surface area contributed by atoms with Crippen molar-refractivity contribution in [2.75, 3.05) is 0 Å². The maximum absolute atomic E-state index is 2.30. The van der Waals surface area contributed by atoms with Crippen molar-refractivity contribution in [2.45, 2.75) is 0 Å². The summed E-state index contributed by atoms with van der Waals surface area (Å²) in [6, 6.07) is 43.2. The molecule has 0 fully saturated rings. The monoisotopic (exact) mass is 356 g/mol. The molecule has 0 heterocycles. The van der Waals surface area contributed by atoms with Crippen molar-refractivity contribution in [1.29, 1.82) is 0 Å². The molecular weight excluding hydrogens is 336 g/mol. The number of rotatable bonds is 3. The highest BCUT2D eigenvalue weighted by Gasteiger charge is 2.10. The summed E-state index contributed by atoms with van der Waals surface area (Å²) in [6.45, 7) is 0. The second-order valence-corrected chi connectivity index (χ2v) is 7.02. The van der Waals surface area contributed by atoms with Gasteiger partial charge in [-0.25, -0.2) is 0 Å². The molecule has 0 aliphatic rings. The van der Waals surface area contributed by atoms with Gasteiger partial charge in [0.2, 0.25) is 0 Å². The van der Waals surface area contributed by atoms with Gasteiger partial charge >= 0.3 is 0 Å². The lowest BCUT2D eigenvalue weighted by atomic mass is 9.90. The van der Waals surface area contributed by atoms with Gasteiger partial charge in [0.15, 0.2) is 0 Å². The van der Waals surface area contributed by atoms with Crippen LogP contribution in [0.25, 0.3) is 44.2 Å². The van der Waals surface area contributed by atoms with Crippen LogP contribution in [-0.2, 0) is 0 Å². The van der Waals surface area contributed by atoms with E-state index in [-0.39, 0.29) is 0 Å². The first-order chi connectivity index (χ1) is 13.9. The van der Waals surface area contributed by atoms with Crippen LogP contribution in [0, 0.1) is 0 Å². The predicted octanol–water partition coefficient (Wildman–Crippen LogP) is 7.84. The number of fused-ring (bicyclic) bond motifs is 1. The summed E-state index contributed by atoms with van der Waals surface area (Å²) in [7, 11) is 0. The van der Waals surface area contributed by atoms with E-state index in [1.54, 1.807) is 0 Å². The molecule has 28 heavy (non-hydrogen) atoms. The zero-order valence-corrected chi connectivity index (χ0v) is 15.5. The smallest absolute Gasteiger partial charge is 0.00268 e. The minimum absolute atomic E-state index is 1.24. The van der Waals surface area contributed by atoms with Gasteiger partial charge in [-0.2, -0.15) is 0 Å². The fourth-order valence-electron chi connectivity index (χ4n) is 3.94. The van der Waals surface area contributed by atoms with Crippen LogP contribution in [0.15, 0.2) is 121 Å². The summed E-state index contributed by atoms with van der Waals surface area (Å²) in [6.07, 6.45) is 0. The van der Waals surface area contributed by atoms with Gasteiger partial charge in [0.25, 0.3) is 0 Å². The van der Waals surface area contributed by atoms with E-state index in [0.717, 1.165) is 0 Å². The Labute approximate surface area is 165 Å².